The van der Waals surface area contributed by atoms with E-state index in [1.807, 2.05) is 12.1 Å². The predicted octanol–water partition coefficient (Wildman–Crippen LogP) is 3.12. The van der Waals surface area contributed by atoms with Crippen LogP contribution in [-0.2, 0) is 11.3 Å². The molecule has 0 radical (unpaired) electrons. The average Bonchev–Trinajstić information content (AvgIpc) is 3.24. The maximum Gasteiger partial charge on any atom is 0.203 e. The Balaban J connectivity index is 1.88. The molecule has 0 amide bonds. The number of hydrogen-bond acceptors (Lipinski definition) is 5. The summed E-state index contributed by atoms with van der Waals surface area (Å²) in [6, 6.07) is 3.84. The molecule has 7 nitrogen and oxygen atoms in total. The van der Waals surface area contributed by atoms with E-state index in [9.17, 15) is 0 Å². The highest BCUT2D eigenvalue weighted by Crippen LogP contribution is 2.38. The van der Waals surface area contributed by atoms with Gasteiger partial charge in [0.05, 0.1) is 34.0 Å². The molecule has 0 unspecified atom stereocenters. The number of rotatable bonds is 11. The molecule has 0 atom stereocenters. The Kier molecular flexibility index (Phi) is 9.76. The third-order valence-corrected chi connectivity index (χ3v) is 4.76. The lowest BCUT2D eigenvalue weighted by Crippen LogP contribution is -2.38. The normalized spacial score (nSPS) is 14.8. The summed E-state index contributed by atoms with van der Waals surface area (Å²) in [4.78, 5) is 4.67. The van der Waals surface area contributed by atoms with E-state index in [0.717, 1.165) is 37.6 Å². The first-order valence-electron chi connectivity index (χ1n) is 10.1. The number of nitrogens with one attached hydrogen (secondary N) is 2. The Bertz CT molecular complexity index is 591. The summed E-state index contributed by atoms with van der Waals surface area (Å²) in [5.41, 5.74) is 0.983. The first-order valence-corrected chi connectivity index (χ1v) is 10.1. The van der Waals surface area contributed by atoms with E-state index in [1.54, 1.807) is 21.3 Å². The Morgan fingerprint density at radius 1 is 1.04 bits per heavy atom. The Labute approximate surface area is 168 Å². The van der Waals surface area contributed by atoms with Gasteiger partial charge in [-0.25, -0.2) is 4.99 Å². The van der Waals surface area contributed by atoms with Crippen LogP contribution in [0.5, 0.6) is 17.2 Å². The molecule has 2 rings (SSSR count). The SMILES string of the molecule is CCNC(=NCc1cc(OC)c(OC)c(OC)c1)NCCCOC1CCCC1. The van der Waals surface area contributed by atoms with Crippen molar-refractivity contribution in [3.63, 3.8) is 0 Å². The fourth-order valence-corrected chi connectivity index (χ4v) is 3.32. The summed E-state index contributed by atoms with van der Waals surface area (Å²) < 4.78 is 22.1. The van der Waals surface area contributed by atoms with Gasteiger partial charge in [0.1, 0.15) is 0 Å². The summed E-state index contributed by atoms with van der Waals surface area (Å²) in [5.74, 6) is 2.64. The van der Waals surface area contributed by atoms with Crippen LogP contribution in [0, 0.1) is 0 Å². The molecule has 0 spiro atoms. The smallest absolute Gasteiger partial charge is 0.203 e. The second-order valence-corrected chi connectivity index (χ2v) is 6.79. The summed E-state index contributed by atoms with van der Waals surface area (Å²) in [7, 11) is 4.83. The van der Waals surface area contributed by atoms with Gasteiger partial charge in [0.15, 0.2) is 17.5 Å². The van der Waals surface area contributed by atoms with Crippen LogP contribution < -0.4 is 24.8 Å². The summed E-state index contributed by atoms with van der Waals surface area (Å²) in [6.07, 6.45) is 6.48. The Morgan fingerprint density at radius 3 is 2.29 bits per heavy atom. The third kappa shape index (κ3) is 6.78. The standard InChI is InChI=1S/C21H35N3O4/c1-5-22-21(23-11-8-12-28-17-9-6-7-10-17)24-15-16-13-18(25-2)20(27-4)19(14-16)26-3/h13-14,17H,5-12,15H2,1-4H3,(H2,22,23,24). The molecule has 1 aromatic rings. The molecule has 1 aliphatic rings. The van der Waals surface area contributed by atoms with E-state index in [2.05, 4.69) is 22.5 Å². The lowest BCUT2D eigenvalue weighted by Gasteiger charge is -2.15. The lowest BCUT2D eigenvalue weighted by atomic mass is 10.2. The maximum atomic E-state index is 5.91. The van der Waals surface area contributed by atoms with Crippen LogP contribution in [0.1, 0.15) is 44.6 Å². The van der Waals surface area contributed by atoms with E-state index in [4.69, 9.17) is 18.9 Å². The maximum absolute atomic E-state index is 5.91. The van der Waals surface area contributed by atoms with E-state index < -0.39 is 0 Å². The van der Waals surface area contributed by atoms with Crippen molar-refractivity contribution < 1.29 is 18.9 Å². The molecule has 158 valence electrons. The van der Waals surface area contributed by atoms with Gasteiger partial charge in [-0.15, -0.1) is 0 Å². The van der Waals surface area contributed by atoms with Crippen molar-refractivity contribution in [2.75, 3.05) is 41.0 Å². The first-order chi connectivity index (χ1) is 13.7. The monoisotopic (exact) mass is 393 g/mol. The largest absolute Gasteiger partial charge is 0.493 e. The zero-order valence-corrected chi connectivity index (χ0v) is 17.7. The molecule has 1 aromatic carbocycles. The number of nitrogens with zero attached hydrogens (tertiary/aromatic N) is 1. The first kappa shape index (κ1) is 22.1. The van der Waals surface area contributed by atoms with Crippen LogP contribution >= 0.6 is 0 Å². The van der Waals surface area contributed by atoms with Crippen LogP contribution in [0.2, 0.25) is 0 Å². The topological polar surface area (TPSA) is 73.3 Å². The zero-order valence-electron chi connectivity index (χ0n) is 17.7. The lowest BCUT2D eigenvalue weighted by molar-refractivity contribution is 0.0574. The fourth-order valence-electron chi connectivity index (χ4n) is 3.32. The van der Waals surface area contributed by atoms with Crippen molar-refractivity contribution in [1.29, 1.82) is 0 Å². The van der Waals surface area contributed by atoms with Crippen molar-refractivity contribution in [2.24, 2.45) is 4.99 Å². The van der Waals surface area contributed by atoms with Gasteiger partial charge in [-0.2, -0.15) is 0 Å². The molecule has 0 saturated heterocycles. The van der Waals surface area contributed by atoms with Crippen LogP contribution in [0.25, 0.3) is 0 Å². The highest BCUT2D eigenvalue weighted by Gasteiger charge is 2.15. The molecule has 1 aliphatic carbocycles. The molecule has 0 bridgehead atoms. The van der Waals surface area contributed by atoms with Gasteiger partial charge >= 0.3 is 0 Å². The van der Waals surface area contributed by atoms with Gasteiger partial charge in [0, 0.05) is 19.7 Å². The summed E-state index contributed by atoms with van der Waals surface area (Å²) >= 11 is 0. The van der Waals surface area contributed by atoms with E-state index in [1.165, 1.54) is 25.7 Å². The summed E-state index contributed by atoms with van der Waals surface area (Å²) in [6.45, 7) is 4.99. The Hall–Kier alpha value is -2.15. The van der Waals surface area contributed by atoms with Crippen LogP contribution in [0.3, 0.4) is 0 Å². The van der Waals surface area contributed by atoms with Crippen molar-refractivity contribution in [1.82, 2.24) is 10.6 Å². The highest BCUT2D eigenvalue weighted by atomic mass is 16.5. The molecular weight excluding hydrogens is 358 g/mol. The fraction of sp³-hybridized carbons (Fsp3) is 0.667. The molecule has 0 aliphatic heterocycles. The van der Waals surface area contributed by atoms with Gasteiger partial charge in [-0.3, -0.25) is 0 Å². The number of benzene rings is 1. The number of ether oxygens (including phenoxy) is 4. The number of guanidine groups is 1. The van der Waals surface area contributed by atoms with E-state index in [-0.39, 0.29) is 0 Å². The third-order valence-electron chi connectivity index (χ3n) is 4.76. The molecule has 2 N–H and O–H groups in total. The molecule has 1 fully saturated rings. The molecule has 28 heavy (non-hydrogen) atoms. The number of methoxy groups -OCH3 is 3. The van der Waals surface area contributed by atoms with Crippen LogP contribution in [0.4, 0.5) is 0 Å². The summed E-state index contributed by atoms with van der Waals surface area (Å²) in [5, 5.41) is 6.64. The molecule has 7 heteroatoms. The number of aliphatic imine (C=N–C) groups is 1. The van der Waals surface area contributed by atoms with Gasteiger partial charge in [0.2, 0.25) is 5.75 Å². The minimum absolute atomic E-state index is 0.474. The zero-order chi connectivity index (χ0) is 20.2. The molecule has 0 heterocycles. The van der Waals surface area contributed by atoms with Crippen molar-refractivity contribution >= 4 is 5.96 Å². The van der Waals surface area contributed by atoms with Crippen molar-refractivity contribution in [3.8, 4) is 17.2 Å². The second-order valence-electron chi connectivity index (χ2n) is 6.79. The number of hydrogen-bond donors (Lipinski definition) is 2. The van der Waals surface area contributed by atoms with Gasteiger partial charge in [-0.1, -0.05) is 12.8 Å². The van der Waals surface area contributed by atoms with Crippen LogP contribution in [0.15, 0.2) is 17.1 Å². The minimum atomic E-state index is 0.474. The molecule has 1 saturated carbocycles. The van der Waals surface area contributed by atoms with E-state index >= 15 is 0 Å². The minimum Gasteiger partial charge on any atom is -0.493 e. The van der Waals surface area contributed by atoms with Crippen molar-refractivity contribution in [2.45, 2.75) is 51.7 Å². The van der Waals surface area contributed by atoms with Crippen LogP contribution in [-0.4, -0.2) is 53.1 Å². The van der Waals surface area contributed by atoms with Gasteiger partial charge in [0.25, 0.3) is 0 Å². The van der Waals surface area contributed by atoms with Gasteiger partial charge in [-0.05, 0) is 43.9 Å². The van der Waals surface area contributed by atoms with E-state index in [0.29, 0.717) is 29.9 Å². The molecular formula is C21H35N3O4. The Morgan fingerprint density at radius 2 is 1.71 bits per heavy atom. The second kappa shape index (κ2) is 12.3. The average molecular weight is 394 g/mol. The quantitative estimate of drug-likeness (QED) is 0.342. The highest BCUT2D eigenvalue weighted by molar-refractivity contribution is 5.79. The van der Waals surface area contributed by atoms with Crippen molar-refractivity contribution in [3.05, 3.63) is 17.7 Å². The predicted molar refractivity (Wildman–Crippen MR) is 112 cm³/mol. The van der Waals surface area contributed by atoms with Gasteiger partial charge < -0.3 is 29.6 Å². The molecule has 0 aromatic heterocycles.